The molecule has 0 aliphatic carbocycles. The summed E-state index contributed by atoms with van der Waals surface area (Å²) in [4.78, 5) is 18.4. The lowest BCUT2D eigenvalue weighted by Gasteiger charge is -1.89. The van der Waals surface area contributed by atoms with Gasteiger partial charge in [0.15, 0.2) is 0 Å². The molecule has 0 saturated heterocycles. The lowest BCUT2D eigenvalue weighted by molar-refractivity contribution is -0.145. The maximum absolute atomic E-state index is 9.45. The van der Waals surface area contributed by atoms with Crippen molar-refractivity contribution < 1.29 is 19.8 Å². The Balaban J connectivity index is 0. The number of aliphatic hydroxyl groups is 1. The van der Waals surface area contributed by atoms with Crippen molar-refractivity contribution in [3.8, 4) is 0 Å². The number of hydrogen-bond acceptors (Lipinski definition) is 3. The second-order valence-corrected chi connectivity index (χ2v) is 1.42. The largest absolute Gasteiger partial charge is 0.479 e. The molecule has 6 heteroatoms. The lowest BCUT2D eigenvalue weighted by Crippen LogP contribution is -2.18. The van der Waals surface area contributed by atoms with Crippen LogP contribution in [0.5, 0.6) is 0 Å². The highest BCUT2D eigenvalue weighted by Gasteiger charge is 2.01. The second kappa shape index (κ2) is 5.83. The Kier molecular flexibility index (Phi) is 6.70. The topological polar surface area (TPSA) is 127 Å². The van der Waals surface area contributed by atoms with E-state index >= 15 is 0 Å². The van der Waals surface area contributed by atoms with Crippen molar-refractivity contribution in [3.63, 3.8) is 0 Å². The van der Waals surface area contributed by atoms with E-state index in [4.69, 9.17) is 15.0 Å². The van der Waals surface area contributed by atoms with E-state index in [0.29, 0.717) is 0 Å². The predicted molar refractivity (Wildman–Crippen MR) is 33.1 cm³/mol. The molecule has 1 unspecified atom stereocenters. The minimum Gasteiger partial charge on any atom is -0.479 e. The number of nitrogens with two attached hydrogens (primary N) is 2. The molecule has 0 spiro atoms. The number of amides is 2. The molecule has 0 heterocycles. The van der Waals surface area contributed by atoms with Gasteiger partial charge in [-0.25, -0.2) is 9.59 Å². The molecular formula is C4H10N2O4. The minimum absolute atomic E-state index is 0.833. The molecule has 0 aromatic rings. The van der Waals surface area contributed by atoms with Gasteiger partial charge >= 0.3 is 12.0 Å². The fraction of sp³-hybridized carbons (Fsp3) is 0.500. The molecule has 0 aliphatic rings. The number of aliphatic hydroxyl groups excluding tert-OH is 1. The summed E-state index contributed by atoms with van der Waals surface area (Å²) in [5.74, 6) is -1.19. The van der Waals surface area contributed by atoms with Crippen LogP contribution in [-0.2, 0) is 4.79 Å². The van der Waals surface area contributed by atoms with Gasteiger partial charge in [-0.2, -0.15) is 0 Å². The molecule has 1 atom stereocenters. The molecule has 2 amide bonds. The van der Waals surface area contributed by atoms with E-state index in [1.165, 1.54) is 6.92 Å². The fourth-order valence-electron chi connectivity index (χ4n) is 0. The van der Waals surface area contributed by atoms with Crippen molar-refractivity contribution in [2.75, 3.05) is 0 Å². The van der Waals surface area contributed by atoms with Gasteiger partial charge in [-0.15, -0.1) is 0 Å². The summed E-state index contributed by atoms with van der Waals surface area (Å²) < 4.78 is 0. The van der Waals surface area contributed by atoms with Gasteiger partial charge in [0, 0.05) is 0 Å². The summed E-state index contributed by atoms with van der Waals surface area (Å²) >= 11 is 0. The van der Waals surface area contributed by atoms with Crippen molar-refractivity contribution in [1.82, 2.24) is 0 Å². The van der Waals surface area contributed by atoms with Crippen LogP contribution in [0.1, 0.15) is 6.92 Å². The molecule has 0 bridgehead atoms. The number of carbonyl (C=O) groups is 2. The molecule has 0 aromatic carbocycles. The molecule has 0 radical (unpaired) electrons. The molecule has 10 heavy (non-hydrogen) atoms. The van der Waals surface area contributed by atoms with Crippen molar-refractivity contribution >= 4 is 12.0 Å². The van der Waals surface area contributed by atoms with Gasteiger partial charge in [0.05, 0.1) is 0 Å². The number of urea groups is 1. The third-order valence-electron chi connectivity index (χ3n) is 0.357. The Morgan fingerprint density at radius 2 is 1.50 bits per heavy atom. The van der Waals surface area contributed by atoms with Crippen LogP contribution in [0.3, 0.4) is 0 Å². The molecule has 0 aliphatic heterocycles. The molecule has 6 N–H and O–H groups in total. The average Bonchev–Trinajstić information content (AvgIpc) is 1.63. The maximum Gasteiger partial charge on any atom is 0.332 e. The lowest BCUT2D eigenvalue weighted by atomic mass is 10.4. The van der Waals surface area contributed by atoms with Crippen LogP contribution in [0.15, 0.2) is 0 Å². The maximum atomic E-state index is 9.45. The molecule has 0 fully saturated rings. The van der Waals surface area contributed by atoms with Crippen LogP contribution in [-0.4, -0.2) is 28.3 Å². The molecule has 6 nitrogen and oxygen atoms in total. The van der Waals surface area contributed by atoms with Crippen LogP contribution in [0.25, 0.3) is 0 Å². The third-order valence-corrected chi connectivity index (χ3v) is 0.357. The Labute approximate surface area is 57.4 Å². The molecule has 0 saturated carbocycles. The molecule has 60 valence electrons. The van der Waals surface area contributed by atoms with E-state index in [1.54, 1.807) is 0 Å². The predicted octanol–water partition coefficient (Wildman–Crippen LogP) is -1.52. The summed E-state index contributed by atoms with van der Waals surface area (Å²) in [5.41, 5.74) is 8.50. The van der Waals surface area contributed by atoms with Crippen molar-refractivity contribution in [3.05, 3.63) is 0 Å². The highest BCUT2D eigenvalue weighted by atomic mass is 16.4. The van der Waals surface area contributed by atoms with Gasteiger partial charge in [-0.05, 0) is 6.92 Å². The monoisotopic (exact) mass is 150 g/mol. The normalized spacial score (nSPS) is 10.6. The highest BCUT2D eigenvalue weighted by molar-refractivity contribution is 5.71. The van der Waals surface area contributed by atoms with Gasteiger partial charge in [-0.1, -0.05) is 0 Å². The van der Waals surface area contributed by atoms with Crippen LogP contribution in [0.2, 0.25) is 0 Å². The van der Waals surface area contributed by atoms with Gasteiger partial charge in [0.2, 0.25) is 0 Å². The first kappa shape index (κ1) is 11.5. The molecule has 0 rings (SSSR count). The minimum atomic E-state index is -1.23. The summed E-state index contributed by atoms with van der Waals surface area (Å²) in [7, 11) is 0. The van der Waals surface area contributed by atoms with E-state index in [9.17, 15) is 4.79 Å². The van der Waals surface area contributed by atoms with Crippen LogP contribution in [0.4, 0.5) is 4.79 Å². The zero-order valence-electron chi connectivity index (χ0n) is 5.44. The van der Waals surface area contributed by atoms with Crippen molar-refractivity contribution in [2.24, 2.45) is 11.5 Å². The number of aliphatic carboxylic acids is 1. The number of primary amides is 2. The van der Waals surface area contributed by atoms with E-state index in [-0.39, 0.29) is 0 Å². The van der Waals surface area contributed by atoms with E-state index in [0.717, 1.165) is 0 Å². The van der Waals surface area contributed by atoms with Crippen molar-refractivity contribution in [1.29, 1.82) is 0 Å². The standard InChI is InChI=1S/C3H6O3.CH4N2O/c1-2(4)3(5)6;2-1(3)4/h2,4H,1H3,(H,5,6);(H4,2,3,4). The fourth-order valence-corrected chi connectivity index (χ4v) is 0. The van der Waals surface area contributed by atoms with E-state index in [1.807, 2.05) is 0 Å². The first-order valence-electron chi connectivity index (χ1n) is 2.33. The summed E-state index contributed by atoms with van der Waals surface area (Å²) in [6.45, 7) is 1.20. The van der Waals surface area contributed by atoms with E-state index in [2.05, 4.69) is 11.5 Å². The number of carbonyl (C=O) groups excluding carboxylic acids is 1. The van der Waals surface area contributed by atoms with Gasteiger partial charge < -0.3 is 21.7 Å². The van der Waals surface area contributed by atoms with Crippen LogP contribution < -0.4 is 11.5 Å². The zero-order valence-corrected chi connectivity index (χ0v) is 5.44. The van der Waals surface area contributed by atoms with Crippen LogP contribution >= 0.6 is 0 Å². The quantitative estimate of drug-likeness (QED) is 0.361. The number of carboxylic acids is 1. The second-order valence-electron chi connectivity index (χ2n) is 1.42. The third kappa shape index (κ3) is 29.9. The average molecular weight is 150 g/mol. The zero-order chi connectivity index (χ0) is 8.73. The van der Waals surface area contributed by atoms with Crippen molar-refractivity contribution in [2.45, 2.75) is 13.0 Å². The summed E-state index contributed by atoms with van der Waals surface area (Å²) in [5, 5.41) is 15.8. The smallest absolute Gasteiger partial charge is 0.332 e. The summed E-state index contributed by atoms with van der Waals surface area (Å²) in [6, 6.07) is -0.833. The van der Waals surface area contributed by atoms with E-state index < -0.39 is 18.1 Å². The SMILES string of the molecule is CC(O)C(=O)O.NC(N)=O. The van der Waals surface area contributed by atoms with Gasteiger partial charge in [0.1, 0.15) is 6.10 Å². The first-order chi connectivity index (χ1) is 4.37. The molecule has 0 aromatic heterocycles. The number of carboxylic acid groups (broad SMARTS) is 1. The molecular weight excluding hydrogens is 140 g/mol. The Morgan fingerprint density at radius 1 is 1.40 bits per heavy atom. The number of hydrogen-bond donors (Lipinski definition) is 4. The van der Waals surface area contributed by atoms with Crippen LogP contribution in [0, 0.1) is 0 Å². The highest BCUT2D eigenvalue weighted by Crippen LogP contribution is 1.73. The number of rotatable bonds is 1. The van der Waals surface area contributed by atoms with Gasteiger partial charge in [0.25, 0.3) is 0 Å². The Morgan fingerprint density at radius 3 is 1.50 bits per heavy atom. The summed E-state index contributed by atoms with van der Waals surface area (Å²) in [6.07, 6.45) is -1.23. The van der Waals surface area contributed by atoms with Gasteiger partial charge in [-0.3, -0.25) is 0 Å². The Bertz CT molecular complexity index is 118. The first-order valence-corrected chi connectivity index (χ1v) is 2.33. The Hall–Kier alpha value is -1.30.